The molecule has 2 nitrogen and oxygen atoms in total. The topological polar surface area (TPSA) is 24.4 Å². The fourth-order valence-electron chi connectivity index (χ4n) is 2.70. The molecule has 0 bridgehead atoms. The monoisotopic (exact) mass is 200 g/mol. The number of fused-ring (bicyclic) bond motifs is 2. The van der Waals surface area contributed by atoms with E-state index in [9.17, 15) is 0 Å². The van der Waals surface area contributed by atoms with Gasteiger partial charge in [0.2, 0.25) is 0 Å². The summed E-state index contributed by atoms with van der Waals surface area (Å²) in [4.78, 5) is 4.59. The summed E-state index contributed by atoms with van der Waals surface area (Å²) in [5, 5.41) is 3.50. The molecule has 0 fully saturated rings. The maximum absolute atomic E-state index is 4.59. The maximum Gasteiger partial charge on any atom is 0.0674 e. The van der Waals surface area contributed by atoms with Crippen LogP contribution in [0.1, 0.15) is 26.7 Å². The SMILES string of the molecule is CC1=CC2=C(NC1)C1=NC=C(C)CC1C2. The molecule has 1 unspecified atom stereocenters. The molecule has 1 aliphatic carbocycles. The molecular formula is C13H16N2. The van der Waals surface area contributed by atoms with E-state index in [-0.39, 0.29) is 0 Å². The molecule has 2 heteroatoms. The minimum atomic E-state index is 0.634. The molecule has 0 saturated carbocycles. The summed E-state index contributed by atoms with van der Waals surface area (Å²) >= 11 is 0. The predicted octanol–water partition coefficient (Wildman–Crippen LogP) is 2.56. The zero-order valence-electron chi connectivity index (χ0n) is 9.30. The van der Waals surface area contributed by atoms with Crippen molar-refractivity contribution in [3.8, 4) is 0 Å². The highest BCUT2D eigenvalue weighted by molar-refractivity contribution is 6.06. The van der Waals surface area contributed by atoms with Gasteiger partial charge in [0.15, 0.2) is 0 Å². The van der Waals surface area contributed by atoms with Crippen molar-refractivity contribution < 1.29 is 0 Å². The van der Waals surface area contributed by atoms with Gasteiger partial charge in [-0.3, -0.25) is 4.99 Å². The molecule has 0 saturated heterocycles. The van der Waals surface area contributed by atoms with Crippen molar-refractivity contribution in [1.29, 1.82) is 0 Å². The largest absolute Gasteiger partial charge is 0.380 e. The normalized spacial score (nSPS) is 28.7. The second-order valence-electron chi connectivity index (χ2n) is 4.84. The Kier molecular flexibility index (Phi) is 1.84. The van der Waals surface area contributed by atoms with Gasteiger partial charge >= 0.3 is 0 Å². The lowest BCUT2D eigenvalue weighted by atomic mass is 9.94. The molecule has 78 valence electrons. The van der Waals surface area contributed by atoms with Gasteiger partial charge in [0.1, 0.15) is 0 Å². The van der Waals surface area contributed by atoms with Crippen LogP contribution in [-0.4, -0.2) is 12.3 Å². The number of hydrogen-bond donors (Lipinski definition) is 1. The van der Waals surface area contributed by atoms with Crippen LogP contribution in [0.3, 0.4) is 0 Å². The number of aliphatic imine (C=N–C) groups is 1. The minimum absolute atomic E-state index is 0.634. The van der Waals surface area contributed by atoms with Crippen LogP contribution in [0.5, 0.6) is 0 Å². The Labute approximate surface area is 90.5 Å². The first-order valence-electron chi connectivity index (χ1n) is 5.62. The van der Waals surface area contributed by atoms with Crippen molar-refractivity contribution in [3.63, 3.8) is 0 Å². The van der Waals surface area contributed by atoms with Gasteiger partial charge in [0.25, 0.3) is 0 Å². The van der Waals surface area contributed by atoms with E-state index in [0.29, 0.717) is 5.92 Å². The molecule has 3 rings (SSSR count). The van der Waals surface area contributed by atoms with Crippen LogP contribution in [0, 0.1) is 5.92 Å². The molecule has 0 amide bonds. The molecule has 2 heterocycles. The molecule has 1 atom stereocenters. The van der Waals surface area contributed by atoms with Crippen LogP contribution in [0.15, 0.2) is 39.7 Å². The quantitative estimate of drug-likeness (QED) is 0.638. The van der Waals surface area contributed by atoms with Crippen LogP contribution in [0.2, 0.25) is 0 Å². The Morgan fingerprint density at radius 3 is 3.00 bits per heavy atom. The highest BCUT2D eigenvalue weighted by Crippen LogP contribution is 2.37. The average Bonchev–Trinajstić information content (AvgIpc) is 2.53. The predicted molar refractivity (Wildman–Crippen MR) is 62.7 cm³/mol. The fraction of sp³-hybridized carbons (Fsp3) is 0.462. The standard InChI is InChI=1S/C13H16N2/c1-8-3-10-5-11-4-9(2)7-15-13(11)12(10)14-6-8/h3,7,11,14H,4-6H2,1-2H3. The summed E-state index contributed by atoms with van der Waals surface area (Å²) in [5.41, 5.74) is 6.90. The summed E-state index contributed by atoms with van der Waals surface area (Å²) in [6, 6.07) is 0. The smallest absolute Gasteiger partial charge is 0.0674 e. The third-order valence-corrected chi connectivity index (χ3v) is 3.39. The van der Waals surface area contributed by atoms with Crippen LogP contribution in [-0.2, 0) is 0 Å². The second-order valence-corrected chi connectivity index (χ2v) is 4.84. The summed E-state index contributed by atoms with van der Waals surface area (Å²) in [6.45, 7) is 5.34. The minimum Gasteiger partial charge on any atom is -0.380 e. The first-order valence-corrected chi connectivity index (χ1v) is 5.62. The van der Waals surface area contributed by atoms with E-state index < -0.39 is 0 Å². The molecule has 0 spiro atoms. The second kappa shape index (κ2) is 3.09. The first-order chi connectivity index (χ1) is 7.24. The van der Waals surface area contributed by atoms with Gasteiger partial charge in [0.05, 0.1) is 11.4 Å². The molecular weight excluding hydrogens is 184 g/mol. The van der Waals surface area contributed by atoms with Crippen LogP contribution < -0.4 is 5.32 Å². The fourth-order valence-corrected chi connectivity index (χ4v) is 2.70. The number of nitrogens with zero attached hydrogens (tertiary/aromatic N) is 1. The molecule has 0 aromatic rings. The van der Waals surface area contributed by atoms with E-state index in [1.54, 1.807) is 0 Å². The first kappa shape index (κ1) is 8.96. The lowest BCUT2D eigenvalue weighted by molar-refractivity contribution is 0.689. The van der Waals surface area contributed by atoms with Crippen molar-refractivity contribution in [2.24, 2.45) is 10.9 Å². The Balaban J connectivity index is 2.01. The van der Waals surface area contributed by atoms with Crippen molar-refractivity contribution in [3.05, 3.63) is 34.7 Å². The Hall–Kier alpha value is -1.31. The van der Waals surface area contributed by atoms with E-state index >= 15 is 0 Å². The number of rotatable bonds is 0. The van der Waals surface area contributed by atoms with Gasteiger partial charge in [-0.1, -0.05) is 17.2 Å². The summed E-state index contributed by atoms with van der Waals surface area (Å²) < 4.78 is 0. The maximum atomic E-state index is 4.59. The summed E-state index contributed by atoms with van der Waals surface area (Å²) in [6.07, 6.45) is 6.71. The molecule has 0 radical (unpaired) electrons. The number of hydrogen-bond acceptors (Lipinski definition) is 2. The van der Waals surface area contributed by atoms with Crippen LogP contribution in [0.4, 0.5) is 0 Å². The van der Waals surface area contributed by atoms with Crippen molar-refractivity contribution in [2.75, 3.05) is 6.54 Å². The summed E-state index contributed by atoms with van der Waals surface area (Å²) in [7, 11) is 0. The average molecular weight is 200 g/mol. The van der Waals surface area contributed by atoms with Crippen molar-refractivity contribution >= 4 is 5.71 Å². The highest BCUT2D eigenvalue weighted by Gasteiger charge is 2.32. The number of allylic oxidation sites excluding steroid dienone is 4. The lowest BCUT2D eigenvalue weighted by Crippen LogP contribution is -2.26. The molecule has 1 N–H and O–H groups in total. The molecule has 3 aliphatic rings. The Morgan fingerprint density at radius 1 is 1.27 bits per heavy atom. The zero-order chi connectivity index (χ0) is 10.4. The van der Waals surface area contributed by atoms with Crippen molar-refractivity contribution in [2.45, 2.75) is 26.7 Å². The highest BCUT2D eigenvalue weighted by atomic mass is 14.9. The zero-order valence-corrected chi connectivity index (χ0v) is 9.30. The van der Waals surface area contributed by atoms with Crippen LogP contribution >= 0.6 is 0 Å². The lowest BCUT2D eigenvalue weighted by Gasteiger charge is -2.19. The third-order valence-electron chi connectivity index (χ3n) is 3.39. The van der Waals surface area contributed by atoms with E-state index in [0.717, 1.165) is 6.54 Å². The van der Waals surface area contributed by atoms with Gasteiger partial charge in [-0.15, -0.1) is 0 Å². The molecule has 15 heavy (non-hydrogen) atoms. The van der Waals surface area contributed by atoms with Crippen LogP contribution in [0.25, 0.3) is 0 Å². The van der Waals surface area contributed by atoms with Gasteiger partial charge in [-0.05, 0) is 32.3 Å². The van der Waals surface area contributed by atoms with E-state index in [2.05, 4.69) is 30.2 Å². The van der Waals surface area contributed by atoms with Gasteiger partial charge in [0, 0.05) is 18.7 Å². The van der Waals surface area contributed by atoms with E-state index in [1.807, 2.05) is 6.20 Å². The van der Waals surface area contributed by atoms with Gasteiger partial charge < -0.3 is 5.32 Å². The number of dihydropyridines is 1. The van der Waals surface area contributed by atoms with E-state index in [1.165, 1.54) is 41.0 Å². The van der Waals surface area contributed by atoms with Crippen molar-refractivity contribution in [1.82, 2.24) is 5.32 Å². The number of nitrogens with one attached hydrogen (secondary N) is 1. The summed E-state index contributed by atoms with van der Waals surface area (Å²) in [5.74, 6) is 0.634. The van der Waals surface area contributed by atoms with Gasteiger partial charge in [-0.25, -0.2) is 0 Å². The Bertz CT molecular complexity index is 435. The molecule has 0 aromatic carbocycles. The molecule has 2 aliphatic heterocycles. The van der Waals surface area contributed by atoms with Gasteiger partial charge in [-0.2, -0.15) is 0 Å². The molecule has 0 aromatic heterocycles. The Morgan fingerprint density at radius 2 is 2.13 bits per heavy atom. The van der Waals surface area contributed by atoms with E-state index in [4.69, 9.17) is 0 Å². The third kappa shape index (κ3) is 1.36.